The van der Waals surface area contributed by atoms with Crippen molar-refractivity contribution in [1.29, 1.82) is 0 Å². The van der Waals surface area contributed by atoms with E-state index in [1.807, 2.05) is 44.2 Å². The van der Waals surface area contributed by atoms with E-state index in [1.165, 1.54) is 13.0 Å². The number of methoxy groups -OCH3 is 2. The summed E-state index contributed by atoms with van der Waals surface area (Å²) >= 11 is 0. The Balaban J connectivity index is 1.70. The maximum Gasteiger partial charge on any atom is 0.248 e. The Labute approximate surface area is 215 Å². The average Bonchev–Trinajstić information content (AvgIpc) is 3.31. The number of ether oxygens (including phenoxy) is 3. The minimum atomic E-state index is -0.289. The monoisotopic (exact) mass is 499 g/mol. The van der Waals surface area contributed by atoms with Crippen LogP contribution in [0.4, 0.5) is 5.69 Å². The number of carbonyl (C=O) groups is 2. The lowest BCUT2D eigenvalue weighted by atomic mass is 9.99. The van der Waals surface area contributed by atoms with Gasteiger partial charge in [-0.15, -0.1) is 0 Å². The molecule has 1 N–H and O–H groups in total. The lowest BCUT2D eigenvalue weighted by Gasteiger charge is -2.12. The van der Waals surface area contributed by atoms with Gasteiger partial charge in [0, 0.05) is 39.9 Å². The van der Waals surface area contributed by atoms with Gasteiger partial charge in [-0.25, -0.2) is 0 Å². The molecule has 1 heterocycles. The van der Waals surface area contributed by atoms with Crippen molar-refractivity contribution < 1.29 is 28.2 Å². The van der Waals surface area contributed by atoms with Crippen LogP contribution in [0.3, 0.4) is 0 Å². The fourth-order valence-electron chi connectivity index (χ4n) is 4.11. The normalized spacial score (nSPS) is 11.3. The summed E-state index contributed by atoms with van der Waals surface area (Å²) in [5.74, 6) is 1.56. The van der Waals surface area contributed by atoms with E-state index in [2.05, 4.69) is 5.32 Å². The lowest BCUT2D eigenvalue weighted by molar-refractivity contribution is -0.111. The molecule has 0 unspecified atom stereocenters. The number of furan rings is 1. The number of benzene rings is 3. The molecule has 0 radical (unpaired) electrons. The Morgan fingerprint density at radius 3 is 2.30 bits per heavy atom. The molecule has 190 valence electrons. The van der Waals surface area contributed by atoms with E-state index in [4.69, 9.17) is 18.6 Å². The lowest BCUT2D eigenvalue weighted by Crippen LogP contribution is -2.09. The molecule has 0 saturated carbocycles. The third-order valence-electron chi connectivity index (χ3n) is 6.00. The molecular formula is C30H29NO6. The van der Waals surface area contributed by atoms with Gasteiger partial charge in [-0.1, -0.05) is 6.07 Å². The minimum absolute atomic E-state index is 0.0286. The molecule has 0 aliphatic heterocycles. The largest absolute Gasteiger partial charge is 0.493 e. The predicted molar refractivity (Wildman–Crippen MR) is 145 cm³/mol. The zero-order valence-electron chi connectivity index (χ0n) is 21.5. The van der Waals surface area contributed by atoms with Gasteiger partial charge in [0.15, 0.2) is 17.3 Å². The quantitative estimate of drug-likeness (QED) is 0.202. The molecule has 7 heteroatoms. The van der Waals surface area contributed by atoms with E-state index in [1.54, 1.807) is 44.7 Å². The van der Waals surface area contributed by atoms with Crippen LogP contribution in [0, 0.1) is 0 Å². The van der Waals surface area contributed by atoms with E-state index in [9.17, 15) is 9.59 Å². The van der Waals surface area contributed by atoms with Crippen molar-refractivity contribution in [2.24, 2.45) is 0 Å². The third-order valence-corrected chi connectivity index (χ3v) is 6.00. The van der Waals surface area contributed by atoms with Gasteiger partial charge >= 0.3 is 0 Å². The number of rotatable bonds is 9. The van der Waals surface area contributed by atoms with Crippen molar-refractivity contribution in [1.82, 2.24) is 0 Å². The molecule has 7 nitrogen and oxygen atoms in total. The highest BCUT2D eigenvalue weighted by Crippen LogP contribution is 2.40. The SMILES string of the molecule is CCOc1cc2occ(-c3ccc(OC)c(OC)c3)c2cc1/C(C)=C/C(=O)Nc1ccc(C(C)=O)cc1. The molecule has 0 bridgehead atoms. The Kier molecular flexibility index (Phi) is 7.63. The minimum Gasteiger partial charge on any atom is -0.493 e. The van der Waals surface area contributed by atoms with Crippen molar-refractivity contribution in [3.8, 4) is 28.4 Å². The smallest absolute Gasteiger partial charge is 0.248 e. The first-order valence-corrected chi connectivity index (χ1v) is 11.9. The molecule has 4 aromatic rings. The molecule has 1 aromatic heterocycles. The predicted octanol–water partition coefficient (Wildman–Crippen LogP) is 6.76. The molecule has 0 spiro atoms. The molecule has 0 atom stereocenters. The number of carbonyl (C=O) groups excluding carboxylic acids is 2. The van der Waals surface area contributed by atoms with Crippen LogP contribution in [0.1, 0.15) is 36.7 Å². The summed E-state index contributed by atoms with van der Waals surface area (Å²) in [6, 6.07) is 16.3. The number of allylic oxidation sites excluding steroid dienone is 1. The van der Waals surface area contributed by atoms with Crippen molar-refractivity contribution >= 4 is 33.9 Å². The van der Waals surface area contributed by atoms with Crippen molar-refractivity contribution in [2.75, 3.05) is 26.1 Å². The first kappa shape index (κ1) is 25.6. The van der Waals surface area contributed by atoms with E-state index in [0.717, 1.165) is 27.6 Å². The van der Waals surface area contributed by atoms with Gasteiger partial charge in [0.05, 0.1) is 27.1 Å². The van der Waals surface area contributed by atoms with Gasteiger partial charge in [-0.2, -0.15) is 0 Å². The van der Waals surface area contributed by atoms with Crippen LogP contribution < -0.4 is 19.5 Å². The fourth-order valence-corrected chi connectivity index (χ4v) is 4.11. The molecule has 0 aliphatic rings. The van der Waals surface area contributed by atoms with Crippen molar-refractivity contribution in [2.45, 2.75) is 20.8 Å². The first-order chi connectivity index (χ1) is 17.8. The summed E-state index contributed by atoms with van der Waals surface area (Å²) in [5.41, 5.74) is 5.14. The van der Waals surface area contributed by atoms with Gasteiger partial charge in [0.2, 0.25) is 5.91 Å². The van der Waals surface area contributed by atoms with Crippen molar-refractivity contribution in [3.63, 3.8) is 0 Å². The molecule has 0 saturated heterocycles. The van der Waals surface area contributed by atoms with Gasteiger partial charge < -0.3 is 23.9 Å². The zero-order valence-corrected chi connectivity index (χ0v) is 21.5. The van der Waals surface area contributed by atoms with E-state index in [-0.39, 0.29) is 11.7 Å². The van der Waals surface area contributed by atoms with E-state index >= 15 is 0 Å². The van der Waals surface area contributed by atoms with Gasteiger partial charge in [0.1, 0.15) is 11.3 Å². The van der Waals surface area contributed by atoms with E-state index in [0.29, 0.717) is 40.7 Å². The fraction of sp³-hybridized carbons (Fsp3) is 0.200. The van der Waals surface area contributed by atoms with Gasteiger partial charge in [-0.05, 0) is 74.4 Å². The highest BCUT2D eigenvalue weighted by molar-refractivity contribution is 6.05. The number of amides is 1. The van der Waals surface area contributed by atoms with Gasteiger partial charge in [0.25, 0.3) is 0 Å². The number of nitrogens with one attached hydrogen (secondary N) is 1. The number of hydrogen-bond donors (Lipinski definition) is 1. The number of Topliss-reactive ketones (excluding diaryl/α,β-unsaturated/α-hetero) is 1. The summed E-state index contributed by atoms with van der Waals surface area (Å²) in [6.45, 7) is 5.73. The highest BCUT2D eigenvalue weighted by Gasteiger charge is 2.17. The molecular weight excluding hydrogens is 470 g/mol. The number of hydrogen-bond acceptors (Lipinski definition) is 6. The van der Waals surface area contributed by atoms with Crippen LogP contribution in [0.2, 0.25) is 0 Å². The Morgan fingerprint density at radius 1 is 0.919 bits per heavy atom. The summed E-state index contributed by atoms with van der Waals surface area (Å²) in [4.78, 5) is 24.3. The number of anilines is 1. The molecule has 3 aromatic carbocycles. The summed E-state index contributed by atoms with van der Waals surface area (Å²) in [5, 5.41) is 3.72. The topological polar surface area (TPSA) is 87.0 Å². The number of ketones is 1. The Hall–Kier alpha value is -4.52. The van der Waals surface area contributed by atoms with Crippen LogP contribution in [0.25, 0.3) is 27.7 Å². The second-order valence-corrected chi connectivity index (χ2v) is 8.45. The molecule has 37 heavy (non-hydrogen) atoms. The average molecular weight is 500 g/mol. The second-order valence-electron chi connectivity index (χ2n) is 8.45. The Morgan fingerprint density at radius 2 is 1.65 bits per heavy atom. The number of fused-ring (bicyclic) bond motifs is 1. The van der Waals surface area contributed by atoms with Crippen LogP contribution in [0.5, 0.6) is 17.2 Å². The van der Waals surface area contributed by atoms with Crippen LogP contribution in [0.15, 0.2) is 71.4 Å². The maximum absolute atomic E-state index is 12.8. The highest BCUT2D eigenvalue weighted by atomic mass is 16.5. The van der Waals surface area contributed by atoms with Crippen LogP contribution >= 0.6 is 0 Å². The summed E-state index contributed by atoms with van der Waals surface area (Å²) < 4.78 is 22.6. The standard InChI is InChI=1S/C30H29NO6/c1-6-36-27-16-28-24(25(17-37-28)21-9-12-26(34-4)29(14-21)35-5)15-23(27)18(2)13-30(33)31-22-10-7-20(8-11-22)19(3)32/h7-17H,6H2,1-5H3,(H,31,33)/b18-13+. The third kappa shape index (κ3) is 5.51. The Bertz CT molecular complexity index is 1480. The first-order valence-electron chi connectivity index (χ1n) is 11.9. The summed E-state index contributed by atoms with van der Waals surface area (Å²) in [6.07, 6.45) is 3.22. The van der Waals surface area contributed by atoms with Gasteiger partial charge in [-0.3, -0.25) is 9.59 Å². The molecule has 0 aliphatic carbocycles. The summed E-state index contributed by atoms with van der Waals surface area (Å²) in [7, 11) is 3.19. The second kappa shape index (κ2) is 11.0. The van der Waals surface area contributed by atoms with Crippen molar-refractivity contribution in [3.05, 3.63) is 78.1 Å². The molecule has 0 fully saturated rings. The maximum atomic E-state index is 12.8. The van der Waals surface area contributed by atoms with E-state index < -0.39 is 0 Å². The zero-order chi connectivity index (χ0) is 26.5. The molecule has 4 rings (SSSR count). The van der Waals surface area contributed by atoms with Crippen LogP contribution in [-0.4, -0.2) is 32.5 Å². The molecule has 1 amide bonds. The van der Waals surface area contributed by atoms with Crippen LogP contribution in [-0.2, 0) is 4.79 Å².